The molecule has 0 atom stereocenters. The second-order valence-corrected chi connectivity index (χ2v) is 5.96. The normalized spacial score (nSPS) is 12.2. The van der Waals surface area contributed by atoms with Crippen molar-refractivity contribution in [2.75, 3.05) is 31.0 Å². The fourth-order valence-electron chi connectivity index (χ4n) is 2.66. The minimum atomic E-state index is -0.315. The monoisotopic (exact) mass is 378 g/mol. The summed E-state index contributed by atoms with van der Waals surface area (Å²) in [7, 11) is 1.60. The van der Waals surface area contributed by atoms with Gasteiger partial charge in [0.2, 0.25) is 5.95 Å². The summed E-state index contributed by atoms with van der Waals surface area (Å²) in [6.07, 6.45) is 2.92. The van der Waals surface area contributed by atoms with Crippen LogP contribution in [-0.2, 0) is 0 Å². The third-order valence-corrected chi connectivity index (χ3v) is 4.04. The number of hydrogen-bond donors (Lipinski definition) is 2. The number of carbonyl (C=O) groups excluding carboxylic acids is 1. The number of hydrogen-bond acceptors (Lipinski definition) is 7. The minimum Gasteiger partial charge on any atom is -0.497 e. The predicted octanol–water partition coefficient (Wildman–Crippen LogP) is 3.25. The van der Waals surface area contributed by atoms with Gasteiger partial charge < -0.3 is 24.8 Å². The van der Waals surface area contributed by atoms with Crippen LogP contribution in [0.5, 0.6) is 17.2 Å². The van der Waals surface area contributed by atoms with Crippen LogP contribution in [0.15, 0.2) is 54.9 Å². The van der Waals surface area contributed by atoms with Gasteiger partial charge in [-0.15, -0.1) is 0 Å². The zero-order valence-corrected chi connectivity index (χ0v) is 15.1. The molecule has 4 rings (SSSR count). The molecule has 2 aromatic carbocycles. The predicted molar refractivity (Wildman–Crippen MR) is 104 cm³/mol. The van der Waals surface area contributed by atoms with Crippen LogP contribution in [0.1, 0.15) is 10.4 Å². The number of amides is 1. The Bertz CT molecular complexity index is 992. The van der Waals surface area contributed by atoms with E-state index in [0.717, 1.165) is 11.4 Å². The van der Waals surface area contributed by atoms with Crippen molar-refractivity contribution in [2.45, 2.75) is 0 Å². The maximum absolute atomic E-state index is 12.4. The molecule has 8 heteroatoms. The zero-order chi connectivity index (χ0) is 19.3. The quantitative estimate of drug-likeness (QED) is 0.704. The molecule has 1 aliphatic heterocycles. The van der Waals surface area contributed by atoms with E-state index in [1.807, 2.05) is 24.3 Å². The number of carbonyl (C=O) groups is 1. The molecule has 0 aliphatic carbocycles. The van der Waals surface area contributed by atoms with Crippen LogP contribution in [0.3, 0.4) is 0 Å². The average molecular weight is 378 g/mol. The van der Waals surface area contributed by atoms with Crippen LogP contribution >= 0.6 is 0 Å². The van der Waals surface area contributed by atoms with E-state index < -0.39 is 0 Å². The highest BCUT2D eigenvalue weighted by Crippen LogP contribution is 2.32. The number of aromatic nitrogens is 2. The van der Waals surface area contributed by atoms with Crippen molar-refractivity contribution >= 4 is 23.2 Å². The van der Waals surface area contributed by atoms with Crippen molar-refractivity contribution in [3.8, 4) is 17.2 Å². The maximum atomic E-state index is 12.4. The summed E-state index contributed by atoms with van der Waals surface area (Å²) in [5.74, 6) is 2.06. The number of nitrogens with one attached hydrogen (secondary N) is 2. The first-order valence-corrected chi connectivity index (χ1v) is 8.65. The van der Waals surface area contributed by atoms with Crippen molar-refractivity contribution in [2.24, 2.45) is 0 Å². The van der Waals surface area contributed by atoms with E-state index >= 15 is 0 Å². The average Bonchev–Trinajstić information content (AvgIpc) is 2.74. The van der Waals surface area contributed by atoms with Crippen LogP contribution in [-0.4, -0.2) is 36.2 Å². The Morgan fingerprint density at radius 2 is 1.79 bits per heavy atom. The Hall–Kier alpha value is -3.81. The summed E-state index contributed by atoms with van der Waals surface area (Å²) in [5.41, 5.74) is 1.73. The van der Waals surface area contributed by atoms with Gasteiger partial charge in [0, 0.05) is 35.9 Å². The van der Waals surface area contributed by atoms with Gasteiger partial charge in [-0.1, -0.05) is 6.07 Å². The van der Waals surface area contributed by atoms with Crippen molar-refractivity contribution in [1.29, 1.82) is 0 Å². The summed E-state index contributed by atoms with van der Waals surface area (Å²) in [5, 5.41) is 5.87. The Labute approximate surface area is 161 Å². The highest BCUT2D eigenvalue weighted by molar-refractivity contribution is 6.04. The minimum absolute atomic E-state index is 0.315. The molecular weight excluding hydrogens is 360 g/mol. The van der Waals surface area contributed by atoms with Crippen LogP contribution in [0.25, 0.3) is 0 Å². The SMILES string of the molecule is COc1cccc(Nc2ncc(C(=O)Nc3ccc4c(c3)OCCO4)cn2)c1. The van der Waals surface area contributed by atoms with Gasteiger partial charge in [-0.3, -0.25) is 4.79 Å². The van der Waals surface area contributed by atoms with Gasteiger partial charge in [0.1, 0.15) is 19.0 Å². The first-order valence-electron chi connectivity index (χ1n) is 8.65. The molecule has 2 heterocycles. The lowest BCUT2D eigenvalue weighted by atomic mass is 10.2. The van der Waals surface area contributed by atoms with Crippen LogP contribution in [0.4, 0.5) is 17.3 Å². The van der Waals surface area contributed by atoms with Crippen LogP contribution < -0.4 is 24.8 Å². The summed E-state index contributed by atoms with van der Waals surface area (Å²) in [6, 6.07) is 12.6. The van der Waals surface area contributed by atoms with E-state index in [1.165, 1.54) is 12.4 Å². The van der Waals surface area contributed by atoms with Gasteiger partial charge in [0.25, 0.3) is 5.91 Å². The largest absolute Gasteiger partial charge is 0.497 e. The first-order chi connectivity index (χ1) is 13.7. The van der Waals surface area contributed by atoms with Crippen LogP contribution in [0.2, 0.25) is 0 Å². The van der Waals surface area contributed by atoms with Gasteiger partial charge in [-0.2, -0.15) is 0 Å². The molecule has 0 spiro atoms. The van der Waals surface area contributed by atoms with Gasteiger partial charge in [-0.25, -0.2) is 9.97 Å². The molecule has 0 fully saturated rings. The van der Waals surface area contributed by atoms with Crippen molar-refractivity contribution in [3.05, 3.63) is 60.4 Å². The number of rotatable bonds is 5. The lowest BCUT2D eigenvalue weighted by molar-refractivity contribution is 0.102. The molecule has 2 N–H and O–H groups in total. The van der Waals surface area contributed by atoms with Gasteiger partial charge in [0.05, 0.1) is 12.7 Å². The molecule has 1 aromatic heterocycles. The Morgan fingerprint density at radius 1 is 1.00 bits per heavy atom. The summed E-state index contributed by atoms with van der Waals surface area (Å²) >= 11 is 0. The number of ether oxygens (including phenoxy) is 3. The summed E-state index contributed by atoms with van der Waals surface area (Å²) < 4.78 is 16.2. The van der Waals surface area contributed by atoms with E-state index in [1.54, 1.807) is 25.3 Å². The van der Waals surface area contributed by atoms with Gasteiger partial charge in [-0.05, 0) is 24.3 Å². The van der Waals surface area contributed by atoms with Gasteiger partial charge in [0.15, 0.2) is 11.5 Å². The van der Waals surface area contributed by atoms with E-state index in [4.69, 9.17) is 14.2 Å². The maximum Gasteiger partial charge on any atom is 0.258 e. The van der Waals surface area contributed by atoms with Crippen molar-refractivity contribution < 1.29 is 19.0 Å². The summed E-state index contributed by atoms with van der Waals surface area (Å²) in [4.78, 5) is 20.8. The van der Waals surface area contributed by atoms with E-state index in [2.05, 4.69) is 20.6 Å². The third kappa shape index (κ3) is 3.96. The Morgan fingerprint density at radius 3 is 2.57 bits per heavy atom. The van der Waals surface area contributed by atoms with E-state index in [9.17, 15) is 4.79 Å². The van der Waals surface area contributed by atoms with Crippen LogP contribution in [0, 0.1) is 0 Å². The fraction of sp³-hybridized carbons (Fsp3) is 0.150. The number of nitrogens with zero attached hydrogens (tertiary/aromatic N) is 2. The molecule has 0 bridgehead atoms. The zero-order valence-electron chi connectivity index (χ0n) is 15.1. The molecule has 0 saturated carbocycles. The van der Waals surface area contributed by atoms with Crippen molar-refractivity contribution in [1.82, 2.24) is 9.97 Å². The van der Waals surface area contributed by atoms with E-state index in [-0.39, 0.29) is 5.91 Å². The fourth-order valence-corrected chi connectivity index (χ4v) is 2.66. The molecule has 28 heavy (non-hydrogen) atoms. The molecule has 8 nitrogen and oxygen atoms in total. The second-order valence-electron chi connectivity index (χ2n) is 5.96. The number of methoxy groups -OCH3 is 1. The Balaban J connectivity index is 1.42. The molecule has 1 amide bonds. The highest BCUT2D eigenvalue weighted by Gasteiger charge is 2.14. The molecule has 0 radical (unpaired) electrons. The van der Waals surface area contributed by atoms with E-state index in [0.29, 0.717) is 41.9 Å². The molecule has 142 valence electrons. The van der Waals surface area contributed by atoms with Crippen molar-refractivity contribution in [3.63, 3.8) is 0 Å². The number of benzene rings is 2. The molecule has 0 saturated heterocycles. The first kappa shape index (κ1) is 17.6. The number of fused-ring (bicyclic) bond motifs is 1. The Kier molecular flexibility index (Phi) is 4.92. The topological polar surface area (TPSA) is 94.6 Å². The lowest BCUT2D eigenvalue weighted by Gasteiger charge is -2.19. The third-order valence-electron chi connectivity index (χ3n) is 4.04. The molecule has 0 unspecified atom stereocenters. The molecule has 1 aliphatic rings. The second kappa shape index (κ2) is 7.83. The smallest absolute Gasteiger partial charge is 0.258 e. The highest BCUT2D eigenvalue weighted by atomic mass is 16.6. The number of anilines is 3. The lowest BCUT2D eigenvalue weighted by Crippen LogP contribution is -2.16. The standard InChI is InChI=1S/C20H18N4O4/c1-26-16-4-2-3-14(9-16)24-20-21-11-13(12-22-20)19(25)23-15-5-6-17-18(10-15)28-8-7-27-17/h2-6,9-12H,7-8H2,1H3,(H,23,25)(H,21,22,24). The molecule has 3 aromatic rings. The summed E-state index contributed by atoms with van der Waals surface area (Å²) in [6.45, 7) is 1.01. The van der Waals surface area contributed by atoms with Gasteiger partial charge >= 0.3 is 0 Å². The molecular formula is C20H18N4O4.